The van der Waals surface area contributed by atoms with E-state index >= 15 is 0 Å². The second-order valence-corrected chi connectivity index (χ2v) is 7.19. The van der Waals surface area contributed by atoms with E-state index in [0.717, 1.165) is 5.56 Å². The highest BCUT2D eigenvalue weighted by molar-refractivity contribution is 6.21. The van der Waals surface area contributed by atoms with E-state index in [1.807, 2.05) is 6.92 Å². The number of amides is 3. The average Bonchev–Trinajstić information content (AvgIpc) is 2.99. The van der Waals surface area contributed by atoms with Gasteiger partial charge in [-0.2, -0.15) is 0 Å². The fourth-order valence-electron chi connectivity index (χ4n) is 3.49. The number of nitrogens with zero attached hydrogens (tertiary/aromatic N) is 1. The number of nitrogens with one attached hydrogen (secondary N) is 1. The van der Waals surface area contributed by atoms with Gasteiger partial charge in [-0.3, -0.25) is 19.3 Å². The van der Waals surface area contributed by atoms with Gasteiger partial charge in [0.1, 0.15) is 5.82 Å². The molecule has 0 radical (unpaired) electrons. The molecule has 0 unspecified atom stereocenters. The molecule has 0 saturated carbocycles. The fraction of sp³-hybridized carbons (Fsp3) is 0.125. The normalized spacial score (nSPS) is 13.9. The van der Waals surface area contributed by atoms with Gasteiger partial charge in [0.15, 0.2) is 0 Å². The van der Waals surface area contributed by atoms with Crippen molar-refractivity contribution in [2.75, 3.05) is 0 Å². The number of carbonyl (C=O) groups excluding carboxylic acids is 3. The Bertz CT molecular complexity index is 1110. The van der Waals surface area contributed by atoms with Crippen molar-refractivity contribution >= 4 is 17.7 Å². The molecule has 6 heteroatoms. The standard InChI is InChI=1S/C24H19FN2O3/c1-15(17-9-11-19(25)12-10-17)26-22(28)18-6-4-5-16(13-18)14-27-23(29)20-7-2-3-8-21(20)24(27)30/h2-13,15H,14H2,1H3,(H,26,28)/t15-/m1/s1. The summed E-state index contributed by atoms with van der Waals surface area (Å²) in [5.74, 6) is -1.31. The van der Waals surface area contributed by atoms with E-state index in [2.05, 4.69) is 5.32 Å². The first-order chi connectivity index (χ1) is 14.4. The molecule has 1 aliphatic rings. The Morgan fingerprint density at radius 3 is 2.20 bits per heavy atom. The molecule has 0 fully saturated rings. The van der Waals surface area contributed by atoms with Crippen molar-refractivity contribution in [3.63, 3.8) is 0 Å². The lowest BCUT2D eigenvalue weighted by Gasteiger charge is -2.16. The number of imide groups is 1. The van der Waals surface area contributed by atoms with Crippen LogP contribution in [0.1, 0.15) is 55.2 Å². The smallest absolute Gasteiger partial charge is 0.261 e. The molecule has 1 N–H and O–H groups in total. The zero-order chi connectivity index (χ0) is 21.3. The van der Waals surface area contributed by atoms with Gasteiger partial charge in [0.2, 0.25) is 0 Å². The van der Waals surface area contributed by atoms with Crippen molar-refractivity contribution < 1.29 is 18.8 Å². The van der Waals surface area contributed by atoms with Crippen LogP contribution in [0.2, 0.25) is 0 Å². The molecule has 3 aromatic carbocycles. The summed E-state index contributed by atoms with van der Waals surface area (Å²) in [6.45, 7) is 1.90. The highest BCUT2D eigenvalue weighted by Gasteiger charge is 2.35. The largest absolute Gasteiger partial charge is 0.346 e. The molecule has 0 saturated heterocycles. The number of carbonyl (C=O) groups is 3. The second kappa shape index (κ2) is 7.91. The molecule has 0 aliphatic carbocycles. The van der Waals surface area contributed by atoms with Crippen LogP contribution in [0.25, 0.3) is 0 Å². The maximum Gasteiger partial charge on any atom is 0.261 e. The van der Waals surface area contributed by atoms with Gasteiger partial charge in [-0.1, -0.05) is 36.4 Å². The molecule has 5 nitrogen and oxygen atoms in total. The second-order valence-electron chi connectivity index (χ2n) is 7.19. The summed E-state index contributed by atoms with van der Waals surface area (Å²) in [5, 5.41) is 2.88. The minimum atomic E-state index is -0.338. The van der Waals surface area contributed by atoms with E-state index < -0.39 is 0 Å². The van der Waals surface area contributed by atoms with Crippen LogP contribution in [0.3, 0.4) is 0 Å². The first kappa shape index (κ1) is 19.5. The maximum absolute atomic E-state index is 13.1. The van der Waals surface area contributed by atoms with Gasteiger partial charge < -0.3 is 5.32 Å². The summed E-state index contributed by atoms with van der Waals surface area (Å²) in [4.78, 5) is 39.0. The van der Waals surface area contributed by atoms with Gasteiger partial charge in [0, 0.05) is 5.56 Å². The number of hydrogen-bond donors (Lipinski definition) is 1. The Hall–Kier alpha value is -3.80. The molecule has 1 heterocycles. The Balaban J connectivity index is 1.48. The Morgan fingerprint density at radius 1 is 0.933 bits per heavy atom. The van der Waals surface area contributed by atoms with E-state index in [-0.39, 0.29) is 36.1 Å². The SMILES string of the molecule is C[C@@H](NC(=O)c1cccc(CN2C(=O)c3ccccc3C2=O)c1)c1ccc(F)cc1. The number of fused-ring (bicyclic) bond motifs is 1. The summed E-state index contributed by atoms with van der Waals surface area (Å²) in [6.07, 6.45) is 0. The quantitative estimate of drug-likeness (QED) is 0.653. The summed E-state index contributed by atoms with van der Waals surface area (Å²) in [7, 11) is 0. The zero-order valence-electron chi connectivity index (χ0n) is 16.3. The number of hydrogen-bond acceptors (Lipinski definition) is 3. The van der Waals surface area contributed by atoms with Gasteiger partial charge in [-0.25, -0.2) is 4.39 Å². The topological polar surface area (TPSA) is 66.5 Å². The van der Waals surface area contributed by atoms with Crippen LogP contribution in [-0.2, 0) is 6.54 Å². The molecule has 0 spiro atoms. The molecule has 3 aromatic rings. The molecule has 1 atom stereocenters. The highest BCUT2D eigenvalue weighted by atomic mass is 19.1. The first-order valence-electron chi connectivity index (χ1n) is 9.54. The maximum atomic E-state index is 13.1. The summed E-state index contributed by atoms with van der Waals surface area (Å²) in [6, 6.07) is 19.2. The van der Waals surface area contributed by atoms with Gasteiger partial charge in [0.05, 0.1) is 23.7 Å². The van der Waals surface area contributed by atoms with Gasteiger partial charge in [-0.15, -0.1) is 0 Å². The van der Waals surface area contributed by atoms with E-state index in [1.165, 1.54) is 17.0 Å². The van der Waals surface area contributed by atoms with Crippen LogP contribution in [0.4, 0.5) is 4.39 Å². The van der Waals surface area contributed by atoms with Crippen molar-refractivity contribution in [2.45, 2.75) is 19.5 Å². The lowest BCUT2D eigenvalue weighted by Crippen LogP contribution is -2.29. The summed E-state index contributed by atoms with van der Waals surface area (Å²) < 4.78 is 13.1. The highest BCUT2D eigenvalue weighted by Crippen LogP contribution is 2.24. The van der Waals surface area contributed by atoms with E-state index in [4.69, 9.17) is 0 Å². The van der Waals surface area contributed by atoms with E-state index in [1.54, 1.807) is 60.7 Å². The van der Waals surface area contributed by atoms with Crippen molar-refractivity contribution in [1.82, 2.24) is 10.2 Å². The zero-order valence-corrected chi connectivity index (χ0v) is 16.3. The Morgan fingerprint density at radius 2 is 1.57 bits per heavy atom. The van der Waals surface area contributed by atoms with Gasteiger partial charge in [0.25, 0.3) is 17.7 Å². The van der Waals surface area contributed by atoms with Gasteiger partial charge in [-0.05, 0) is 54.4 Å². The van der Waals surface area contributed by atoms with E-state index in [0.29, 0.717) is 22.3 Å². The van der Waals surface area contributed by atoms with Crippen LogP contribution in [0.15, 0.2) is 72.8 Å². The molecule has 3 amide bonds. The summed E-state index contributed by atoms with van der Waals surface area (Å²) in [5.41, 5.74) is 2.66. The van der Waals surface area contributed by atoms with E-state index in [9.17, 15) is 18.8 Å². The Kier molecular flexibility index (Phi) is 5.14. The van der Waals surface area contributed by atoms with Crippen LogP contribution in [0.5, 0.6) is 0 Å². The molecular formula is C24H19FN2O3. The summed E-state index contributed by atoms with van der Waals surface area (Å²) >= 11 is 0. The number of benzene rings is 3. The third kappa shape index (κ3) is 3.72. The molecule has 0 bridgehead atoms. The molecular weight excluding hydrogens is 383 g/mol. The third-order valence-corrected chi connectivity index (χ3v) is 5.13. The fourth-order valence-corrected chi connectivity index (χ4v) is 3.49. The predicted octanol–water partition coefficient (Wildman–Crippen LogP) is 4.11. The molecule has 4 rings (SSSR count). The Labute approximate surface area is 173 Å². The van der Waals surface area contributed by atoms with Crippen molar-refractivity contribution in [1.29, 1.82) is 0 Å². The van der Waals surface area contributed by atoms with Crippen LogP contribution >= 0.6 is 0 Å². The minimum Gasteiger partial charge on any atom is -0.346 e. The first-order valence-corrected chi connectivity index (χ1v) is 9.54. The lowest BCUT2D eigenvalue weighted by molar-refractivity contribution is 0.0642. The monoisotopic (exact) mass is 402 g/mol. The van der Waals surface area contributed by atoms with Crippen LogP contribution < -0.4 is 5.32 Å². The van der Waals surface area contributed by atoms with Crippen LogP contribution in [-0.4, -0.2) is 22.6 Å². The molecule has 1 aliphatic heterocycles. The van der Waals surface area contributed by atoms with Crippen molar-refractivity contribution in [3.8, 4) is 0 Å². The predicted molar refractivity (Wildman–Crippen MR) is 109 cm³/mol. The van der Waals surface area contributed by atoms with Crippen LogP contribution in [0, 0.1) is 5.82 Å². The molecule has 150 valence electrons. The minimum absolute atomic E-state index is 0.0843. The van der Waals surface area contributed by atoms with Crippen molar-refractivity contribution in [2.24, 2.45) is 0 Å². The van der Waals surface area contributed by atoms with Gasteiger partial charge >= 0.3 is 0 Å². The third-order valence-electron chi connectivity index (χ3n) is 5.13. The number of halogens is 1. The van der Waals surface area contributed by atoms with Crippen molar-refractivity contribution in [3.05, 3.63) is 106 Å². The molecule has 30 heavy (non-hydrogen) atoms. The average molecular weight is 402 g/mol. The number of rotatable bonds is 5. The lowest BCUT2D eigenvalue weighted by atomic mass is 10.1. The molecule has 0 aromatic heterocycles.